The van der Waals surface area contributed by atoms with E-state index in [-0.39, 0.29) is 12.7 Å². The Kier molecular flexibility index (Phi) is 5.45. The quantitative estimate of drug-likeness (QED) is 0.657. The lowest BCUT2D eigenvalue weighted by Crippen LogP contribution is -2.49. The van der Waals surface area contributed by atoms with E-state index >= 15 is 0 Å². The number of carbonyl (C=O) groups excluding carboxylic acids is 1. The van der Waals surface area contributed by atoms with Crippen molar-refractivity contribution in [1.29, 1.82) is 0 Å². The number of hydrogen-bond acceptors (Lipinski definition) is 8. The number of aromatic nitrogens is 3. The summed E-state index contributed by atoms with van der Waals surface area (Å²) in [4.78, 5) is 30.3. The van der Waals surface area contributed by atoms with Crippen LogP contribution >= 0.6 is 0 Å². The molecule has 3 aromatic rings. The first-order valence-corrected chi connectivity index (χ1v) is 10.6. The predicted molar refractivity (Wildman–Crippen MR) is 119 cm³/mol. The van der Waals surface area contributed by atoms with Gasteiger partial charge in [0.15, 0.2) is 11.5 Å². The maximum atomic E-state index is 13.0. The molecule has 0 bridgehead atoms. The number of fused-ring (bicyclic) bond motifs is 1. The van der Waals surface area contributed by atoms with Gasteiger partial charge in [-0.3, -0.25) is 4.79 Å². The van der Waals surface area contributed by atoms with E-state index in [0.717, 1.165) is 36.0 Å². The first-order chi connectivity index (χ1) is 15.7. The Morgan fingerprint density at radius 1 is 1.06 bits per heavy atom. The van der Waals surface area contributed by atoms with Crippen molar-refractivity contribution >= 4 is 17.7 Å². The molecule has 9 heteroatoms. The molecule has 1 amide bonds. The van der Waals surface area contributed by atoms with Crippen molar-refractivity contribution in [3.63, 3.8) is 0 Å². The van der Waals surface area contributed by atoms with E-state index in [9.17, 15) is 4.79 Å². The van der Waals surface area contributed by atoms with Crippen molar-refractivity contribution in [2.45, 2.75) is 13.5 Å². The zero-order chi connectivity index (χ0) is 21.9. The number of benzene rings is 1. The Morgan fingerprint density at radius 2 is 1.91 bits per heavy atom. The first kappa shape index (κ1) is 20.0. The molecule has 32 heavy (non-hydrogen) atoms. The molecule has 0 atom stereocenters. The highest BCUT2D eigenvalue weighted by Crippen LogP contribution is 2.32. The third-order valence-corrected chi connectivity index (χ3v) is 5.64. The second kappa shape index (κ2) is 8.70. The molecular weight excluding hydrogens is 408 g/mol. The van der Waals surface area contributed by atoms with Gasteiger partial charge in [-0.15, -0.1) is 0 Å². The number of rotatable bonds is 5. The standard InChI is InChI=1S/C23H24N6O3/c1-16-18(22(30)29-10-8-28(9-11-29)21-4-2-3-7-24-21)14-26-23(27-16)25-13-17-5-6-19-20(12-17)32-15-31-19/h2-7,12,14H,8-11,13,15H2,1H3,(H,25,26,27). The Hall–Kier alpha value is -3.88. The van der Waals surface area contributed by atoms with Crippen molar-refractivity contribution in [3.8, 4) is 11.5 Å². The molecule has 0 aliphatic carbocycles. The summed E-state index contributed by atoms with van der Waals surface area (Å²) in [6, 6.07) is 11.7. The molecule has 0 unspecified atom stereocenters. The monoisotopic (exact) mass is 432 g/mol. The molecule has 164 valence electrons. The Morgan fingerprint density at radius 3 is 2.69 bits per heavy atom. The van der Waals surface area contributed by atoms with Crippen molar-refractivity contribution in [1.82, 2.24) is 19.9 Å². The van der Waals surface area contributed by atoms with Crippen LogP contribution < -0.4 is 19.7 Å². The highest BCUT2D eigenvalue weighted by atomic mass is 16.7. The van der Waals surface area contributed by atoms with Gasteiger partial charge in [-0.05, 0) is 36.8 Å². The van der Waals surface area contributed by atoms with Crippen molar-refractivity contribution < 1.29 is 14.3 Å². The van der Waals surface area contributed by atoms with E-state index in [1.807, 2.05) is 48.2 Å². The minimum atomic E-state index is -0.0366. The largest absolute Gasteiger partial charge is 0.454 e. The van der Waals surface area contributed by atoms with Gasteiger partial charge in [0.05, 0.1) is 11.3 Å². The molecule has 2 aliphatic heterocycles. The van der Waals surface area contributed by atoms with E-state index in [1.54, 1.807) is 12.4 Å². The number of amides is 1. The third kappa shape index (κ3) is 4.14. The summed E-state index contributed by atoms with van der Waals surface area (Å²) in [5.41, 5.74) is 2.22. The van der Waals surface area contributed by atoms with Crippen LogP contribution in [0.25, 0.3) is 0 Å². The molecule has 1 saturated heterocycles. The number of pyridine rings is 1. The minimum absolute atomic E-state index is 0.0366. The smallest absolute Gasteiger partial charge is 0.257 e. The van der Waals surface area contributed by atoms with E-state index in [0.29, 0.717) is 36.8 Å². The average Bonchev–Trinajstić information content (AvgIpc) is 3.31. The number of carbonyl (C=O) groups is 1. The van der Waals surface area contributed by atoms with E-state index in [4.69, 9.17) is 9.47 Å². The van der Waals surface area contributed by atoms with E-state index < -0.39 is 0 Å². The fourth-order valence-electron chi connectivity index (χ4n) is 3.84. The van der Waals surface area contributed by atoms with Crippen LogP contribution in [-0.2, 0) is 6.54 Å². The maximum absolute atomic E-state index is 13.0. The SMILES string of the molecule is Cc1nc(NCc2ccc3c(c2)OCO3)ncc1C(=O)N1CCN(c2ccccn2)CC1. The van der Waals surface area contributed by atoms with Gasteiger partial charge >= 0.3 is 0 Å². The van der Waals surface area contributed by atoms with Crippen LogP contribution in [0, 0.1) is 6.92 Å². The lowest BCUT2D eigenvalue weighted by Gasteiger charge is -2.35. The molecule has 0 radical (unpaired) electrons. The number of aryl methyl sites for hydroxylation is 1. The molecule has 2 aromatic heterocycles. The van der Waals surface area contributed by atoms with Gasteiger partial charge in [-0.2, -0.15) is 0 Å². The van der Waals surface area contributed by atoms with Crippen LogP contribution in [-0.4, -0.2) is 58.7 Å². The van der Waals surface area contributed by atoms with Gasteiger partial charge in [-0.1, -0.05) is 12.1 Å². The average molecular weight is 432 g/mol. The Balaban J connectivity index is 1.19. The maximum Gasteiger partial charge on any atom is 0.257 e. The van der Waals surface area contributed by atoms with Gasteiger partial charge in [-0.25, -0.2) is 15.0 Å². The third-order valence-electron chi connectivity index (χ3n) is 5.64. The predicted octanol–water partition coefficient (Wildman–Crippen LogP) is 2.48. The lowest BCUT2D eigenvalue weighted by molar-refractivity contribution is 0.0745. The van der Waals surface area contributed by atoms with Crippen molar-refractivity contribution in [3.05, 3.63) is 65.6 Å². The molecular formula is C23H24N6O3. The fraction of sp³-hybridized carbons (Fsp3) is 0.304. The van der Waals surface area contributed by atoms with Crippen LogP contribution in [0.3, 0.4) is 0 Å². The van der Waals surface area contributed by atoms with Crippen molar-refractivity contribution in [2.75, 3.05) is 43.2 Å². The summed E-state index contributed by atoms with van der Waals surface area (Å²) < 4.78 is 10.7. The normalized spacial score (nSPS) is 15.0. The highest BCUT2D eigenvalue weighted by Gasteiger charge is 2.24. The summed E-state index contributed by atoms with van der Waals surface area (Å²) in [6.45, 7) is 5.40. The number of nitrogens with one attached hydrogen (secondary N) is 1. The lowest BCUT2D eigenvalue weighted by atomic mass is 10.2. The Labute approximate surface area is 186 Å². The molecule has 0 spiro atoms. The molecule has 9 nitrogen and oxygen atoms in total. The van der Waals surface area contributed by atoms with Gasteiger partial charge in [0, 0.05) is 45.1 Å². The van der Waals surface area contributed by atoms with Gasteiger partial charge in [0.2, 0.25) is 12.7 Å². The summed E-state index contributed by atoms with van der Waals surface area (Å²) in [5, 5.41) is 3.21. The molecule has 4 heterocycles. The molecule has 0 saturated carbocycles. The second-order valence-corrected chi connectivity index (χ2v) is 7.70. The summed E-state index contributed by atoms with van der Waals surface area (Å²) in [5.74, 6) is 2.88. The van der Waals surface area contributed by atoms with Crippen LogP contribution in [0.15, 0.2) is 48.8 Å². The zero-order valence-electron chi connectivity index (χ0n) is 17.8. The van der Waals surface area contributed by atoms with Gasteiger partial charge in [0.1, 0.15) is 5.82 Å². The first-order valence-electron chi connectivity index (χ1n) is 10.6. The molecule has 1 N–H and O–H groups in total. The molecule has 1 fully saturated rings. The molecule has 1 aromatic carbocycles. The summed E-state index contributed by atoms with van der Waals surface area (Å²) in [6.07, 6.45) is 3.40. The number of ether oxygens (including phenoxy) is 2. The highest BCUT2D eigenvalue weighted by molar-refractivity contribution is 5.95. The summed E-state index contributed by atoms with van der Waals surface area (Å²) >= 11 is 0. The fourth-order valence-corrected chi connectivity index (χ4v) is 3.84. The van der Waals surface area contributed by atoms with E-state index in [2.05, 4.69) is 25.2 Å². The Bertz CT molecular complexity index is 1120. The number of piperazine rings is 1. The van der Waals surface area contributed by atoms with Gasteiger partial charge < -0.3 is 24.6 Å². The number of hydrogen-bond donors (Lipinski definition) is 1. The summed E-state index contributed by atoms with van der Waals surface area (Å²) in [7, 11) is 0. The minimum Gasteiger partial charge on any atom is -0.454 e. The number of anilines is 2. The topological polar surface area (TPSA) is 92.7 Å². The van der Waals surface area contributed by atoms with Crippen LogP contribution in [0.2, 0.25) is 0 Å². The van der Waals surface area contributed by atoms with Crippen LogP contribution in [0.4, 0.5) is 11.8 Å². The zero-order valence-corrected chi connectivity index (χ0v) is 17.8. The molecule has 5 rings (SSSR count). The second-order valence-electron chi connectivity index (χ2n) is 7.70. The molecule has 2 aliphatic rings. The number of nitrogens with zero attached hydrogens (tertiary/aromatic N) is 5. The van der Waals surface area contributed by atoms with E-state index in [1.165, 1.54) is 0 Å². The van der Waals surface area contributed by atoms with Gasteiger partial charge in [0.25, 0.3) is 5.91 Å². The van der Waals surface area contributed by atoms with Crippen molar-refractivity contribution in [2.24, 2.45) is 0 Å². The van der Waals surface area contributed by atoms with Crippen LogP contribution in [0.5, 0.6) is 11.5 Å². The van der Waals surface area contributed by atoms with Crippen LogP contribution in [0.1, 0.15) is 21.6 Å².